The van der Waals surface area contributed by atoms with Gasteiger partial charge < -0.3 is 4.90 Å². The van der Waals surface area contributed by atoms with E-state index in [-0.39, 0.29) is 17.7 Å². The number of likely N-dealkylation sites (tertiary alicyclic amines) is 1. The summed E-state index contributed by atoms with van der Waals surface area (Å²) in [6.45, 7) is 6.55. The molecule has 1 N–H and O–H groups in total. The van der Waals surface area contributed by atoms with E-state index in [2.05, 4.69) is 24.1 Å². The Bertz CT molecular complexity index is 315. The van der Waals surface area contributed by atoms with Crippen molar-refractivity contribution < 1.29 is 9.59 Å². The van der Waals surface area contributed by atoms with Crippen LogP contribution in [0.3, 0.4) is 0 Å². The Labute approximate surface area is 103 Å². The van der Waals surface area contributed by atoms with Crippen molar-refractivity contribution in [3.63, 3.8) is 0 Å². The molecule has 4 heteroatoms. The zero-order chi connectivity index (χ0) is 12.4. The molecule has 2 unspecified atom stereocenters. The molecule has 0 spiro atoms. The standard InChI is InChI=1S/C13H22N2O2/c1-9(2)15-7-3-4-10(8-15)11-5-6-12(16)14-13(11)17/h9-11H,3-8H2,1-2H3,(H,14,16,17). The summed E-state index contributed by atoms with van der Waals surface area (Å²) >= 11 is 0. The SMILES string of the molecule is CC(C)N1CCCC(C2CCC(=O)NC2=O)C1. The third-order valence-electron chi connectivity index (χ3n) is 4.07. The van der Waals surface area contributed by atoms with Gasteiger partial charge in [-0.2, -0.15) is 0 Å². The van der Waals surface area contributed by atoms with Crippen LogP contribution < -0.4 is 5.32 Å². The monoisotopic (exact) mass is 238 g/mol. The minimum absolute atomic E-state index is 0.0446. The highest BCUT2D eigenvalue weighted by atomic mass is 16.2. The molecule has 0 aromatic heterocycles. The Hall–Kier alpha value is -0.900. The zero-order valence-electron chi connectivity index (χ0n) is 10.7. The van der Waals surface area contributed by atoms with Crippen molar-refractivity contribution in [3.05, 3.63) is 0 Å². The van der Waals surface area contributed by atoms with Crippen molar-refractivity contribution in [3.8, 4) is 0 Å². The van der Waals surface area contributed by atoms with Gasteiger partial charge in [-0.3, -0.25) is 14.9 Å². The van der Waals surface area contributed by atoms with E-state index in [4.69, 9.17) is 0 Å². The molecule has 0 radical (unpaired) electrons. The number of imide groups is 1. The van der Waals surface area contributed by atoms with Gasteiger partial charge in [-0.25, -0.2) is 0 Å². The second-order valence-electron chi connectivity index (χ2n) is 5.55. The summed E-state index contributed by atoms with van der Waals surface area (Å²) in [5.74, 6) is 0.327. The molecular formula is C13H22N2O2. The van der Waals surface area contributed by atoms with E-state index in [1.54, 1.807) is 0 Å². The van der Waals surface area contributed by atoms with Gasteiger partial charge in [0.25, 0.3) is 0 Å². The molecule has 2 heterocycles. The lowest BCUT2D eigenvalue weighted by Crippen LogP contribution is -2.49. The quantitative estimate of drug-likeness (QED) is 0.734. The fraction of sp³-hybridized carbons (Fsp3) is 0.846. The number of hydrogen-bond acceptors (Lipinski definition) is 3. The van der Waals surface area contributed by atoms with Crippen LogP contribution in [-0.2, 0) is 9.59 Å². The largest absolute Gasteiger partial charge is 0.301 e. The van der Waals surface area contributed by atoms with E-state index < -0.39 is 0 Å². The highest BCUT2D eigenvalue weighted by Gasteiger charge is 2.35. The topological polar surface area (TPSA) is 49.4 Å². The van der Waals surface area contributed by atoms with Crippen LogP contribution in [0, 0.1) is 11.8 Å². The molecule has 2 saturated heterocycles. The minimum Gasteiger partial charge on any atom is -0.301 e. The number of nitrogens with one attached hydrogen (secondary N) is 1. The second-order valence-corrected chi connectivity index (χ2v) is 5.55. The van der Waals surface area contributed by atoms with E-state index in [0.29, 0.717) is 18.4 Å². The average Bonchev–Trinajstić information content (AvgIpc) is 2.29. The van der Waals surface area contributed by atoms with E-state index in [1.807, 2.05) is 0 Å². The van der Waals surface area contributed by atoms with Crippen molar-refractivity contribution in [1.82, 2.24) is 10.2 Å². The second kappa shape index (κ2) is 5.17. The van der Waals surface area contributed by atoms with Crippen LogP contribution in [0.15, 0.2) is 0 Å². The van der Waals surface area contributed by atoms with Gasteiger partial charge in [0, 0.05) is 24.9 Å². The maximum Gasteiger partial charge on any atom is 0.230 e. The van der Waals surface area contributed by atoms with Gasteiger partial charge in [0.2, 0.25) is 11.8 Å². The van der Waals surface area contributed by atoms with Gasteiger partial charge in [-0.15, -0.1) is 0 Å². The first kappa shape index (κ1) is 12.6. The van der Waals surface area contributed by atoms with E-state index in [0.717, 1.165) is 25.9 Å². The van der Waals surface area contributed by atoms with Gasteiger partial charge in [0.05, 0.1) is 0 Å². The fourth-order valence-electron chi connectivity index (χ4n) is 3.00. The molecule has 17 heavy (non-hydrogen) atoms. The molecule has 2 atom stereocenters. The molecule has 2 aliphatic rings. The molecule has 0 aromatic rings. The van der Waals surface area contributed by atoms with Gasteiger partial charge in [0.15, 0.2) is 0 Å². The molecule has 2 rings (SSSR count). The molecule has 0 aromatic carbocycles. The van der Waals surface area contributed by atoms with Crippen molar-refractivity contribution in [2.45, 2.75) is 45.6 Å². The lowest BCUT2D eigenvalue weighted by Gasteiger charge is -2.39. The van der Waals surface area contributed by atoms with Crippen LogP contribution in [0.25, 0.3) is 0 Å². The van der Waals surface area contributed by atoms with E-state index in [1.165, 1.54) is 6.42 Å². The lowest BCUT2D eigenvalue weighted by atomic mass is 9.80. The van der Waals surface area contributed by atoms with E-state index >= 15 is 0 Å². The number of nitrogens with zero attached hydrogens (tertiary/aromatic N) is 1. The Balaban J connectivity index is 1.97. The summed E-state index contributed by atoms with van der Waals surface area (Å²) in [5.41, 5.74) is 0. The summed E-state index contributed by atoms with van der Waals surface area (Å²) in [7, 11) is 0. The number of amides is 2. The molecule has 2 amide bonds. The third-order valence-corrected chi connectivity index (χ3v) is 4.07. The molecule has 4 nitrogen and oxygen atoms in total. The fourth-order valence-corrected chi connectivity index (χ4v) is 3.00. The molecular weight excluding hydrogens is 216 g/mol. The van der Waals surface area contributed by atoms with Crippen LogP contribution in [0.5, 0.6) is 0 Å². The molecule has 2 aliphatic heterocycles. The lowest BCUT2D eigenvalue weighted by molar-refractivity contribution is -0.138. The summed E-state index contributed by atoms with van der Waals surface area (Å²) < 4.78 is 0. The van der Waals surface area contributed by atoms with Gasteiger partial charge in [-0.1, -0.05) is 0 Å². The van der Waals surface area contributed by atoms with Crippen molar-refractivity contribution in [1.29, 1.82) is 0 Å². The minimum atomic E-state index is -0.109. The predicted molar refractivity (Wildman–Crippen MR) is 65.3 cm³/mol. The maximum absolute atomic E-state index is 11.8. The first-order chi connectivity index (χ1) is 8.08. The first-order valence-corrected chi connectivity index (χ1v) is 6.65. The van der Waals surface area contributed by atoms with Gasteiger partial charge in [0.1, 0.15) is 0 Å². The predicted octanol–water partition coefficient (Wildman–Crippen LogP) is 1.16. The van der Waals surface area contributed by atoms with Crippen LogP contribution >= 0.6 is 0 Å². The molecule has 96 valence electrons. The Morgan fingerprint density at radius 3 is 2.71 bits per heavy atom. The van der Waals surface area contributed by atoms with Crippen LogP contribution in [-0.4, -0.2) is 35.8 Å². The number of piperidine rings is 2. The van der Waals surface area contributed by atoms with Crippen molar-refractivity contribution >= 4 is 11.8 Å². The summed E-state index contributed by atoms with van der Waals surface area (Å²) in [6, 6.07) is 0.547. The van der Waals surface area contributed by atoms with Crippen LogP contribution in [0.2, 0.25) is 0 Å². The van der Waals surface area contributed by atoms with Gasteiger partial charge >= 0.3 is 0 Å². The van der Waals surface area contributed by atoms with Crippen molar-refractivity contribution in [2.24, 2.45) is 11.8 Å². The summed E-state index contributed by atoms with van der Waals surface area (Å²) in [4.78, 5) is 25.4. The number of rotatable bonds is 2. The Morgan fingerprint density at radius 1 is 1.29 bits per heavy atom. The summed E-state index contributed by atoms with van der Waals surface area (Å²) in [5, 5.41) is 2.47. The molecule has 0 bridgehead atoms. The first-order valence-electron chi connectivity index (χ1n) is 6.65. The highest BCUT2D eigenvalue weighted by Crippen LogP contribution is 2.29. The number of carbonyl (C=O) groups is 2. The van der Waals surface area contributed by atoms with Crippen LogP contribution in [0.1, 0.15) is 39.5 Å². The van der Waals surface area contributed by atoms with E-state index in [9.17, 15) is 9.59 Å². The molecule has 0 saturated carbocycles. The number of hydrogen-bond donors (Lipinski definition) is 1. The maximum atomic E-state index is 11.8. The summed E-state index contributed by atoms with van der Waals surface area (Å²) in [6.07, 6.45) is 3.53. The Kier molecular flexibility index (Phi) is 3.82. The zero-order valence-corrected chi connectivity index (χ0v) is 10.7. The normalized spacial score (nSPS) is 31.7. The molecule has 0 aliphatic carbocycles. The smallest absolute Gasteiger partial charge is 0.230 e. The highest BCUT2D eigenvalue weighted by molar-refractivity contribution is 5.98. The van der Waals surface area contributed by atoms with Crippen LogP contribution in [0.4, 0.5) is 0 Å². The van der Waals surface area contributed by atoms with Crippen molar-refractivity contribution in [2.75, 3.05) is 13.1 Å². The average molecular weight is 238 g/mol. The van der Waals surface area contributed by atoms with Gasteiger partial charge in [-0.05, 0) is 45.6 Å². The number of carbonyl (C=O) groups excluding carboxylic acids is 2. The third kappa shape index (κ3) is 2.86. The Morgan fingerprint density at radius 2 is 2.06 bits per heavy atom. The molecule has 2 fully saturated rings.